The van der Waals surface area contributed by atoms with Gasteiger partial charge in [-0.15, -0.1) is 0 Å². The van der Waals surface area contributed by atoms with Gasteiger partial charge >= 0.3 is 11.8 Å². The number of aliphatic hydroxyl groups is 1. The summed E-state index contributed by atoms with van der Waals surface area (Å²) in [5, 5.41) is 19.4. The lowest BCUT2D eigenvalue weighted by Gasteiger charge is -2.26. The third-order valence-corrected chi connectivity index (χ3v) is 4.85. The van der Waals surface area contributed by atoms with E-state index in [1.54, 1.807) is 16.9 Å². The van der Waals surface area contributed by atoms with Crippen molar-refractivity contribution in [3.8, 4) is 0 Å². The van der Waals surface area contributed by atoms with Crippen LogP contribution in [0, 0.1) is 6.92 Å². The molecule has 1 aliphatic heterocycles. The fraction of sp³-hybridized carbons (Fsp3) is 0.450. The van der Waals surface area contributed by atoms with Crippen molar-refractivity contribution >= 4 is 17.5 Å². The van der Waals surface area contributed by atoms with Crippen molar-refractivity contribution in [2.45, 2.75) is 19.6 Å². The summed E-state index contributed by atoms with van der Waals surface area (Å²) >= 11 is 0. The highest BCUT2D eigenvalue weighted by molar-refractivity contribution is 6.39. The van der Waals surface area contributed by atoms with Crippen molar-refractivity contribution in [3.63, 3.8) is 0 Å². The Bertz CT molecular complexity index is 832. The molecule has 1 aromatic heterocycles. The van der Waals surface area contributed by atoms with Gasteiger partial charge in [0.1, 0.15) is 0 Å². The summed E-state index contributed by atoms with van der Waals surface area (Å²) in [6, 6.07) is 7.36. The zero-order valence-corrected chi connectivity index (χ0v) is 16.5. The minimum atomic E-state index is -0.879. The zero-order valence-electron chi connectivity index (χ0n) is 16.5. The molecule has 3 rings (SSSR count). The first-order valence-corrected chi connectivity index (χ1v) is 9.68. The fourth-order valence-corrected chi connectivity index (χ4v) is 3.15. The Kier molecular flexibility index (Phi) is 7.34. The predicted molar refractivity (Wildman–Crippen MR) is 107 cm³/mol. The maximum atomic E-state index is 12.1. The maximum Gasteiger partial charge on any atom is 0.313 e. The van der Waals surface area contributed by atoms with Gasteiger partial charge in [0.2, 0.25) is 0 Å². The highest BCUT2D eigenvalue weighted by Gasteiger charge is 2.17. The minimum Gasteiger partial charge on any atom is -0.387 e. The summed E-state index contributed by atoms with van der Waals surface area (Å²) in [6.07, 6.45) is 2.32. The molecule has 156 valence electrons. The first kappa shape index (κ1) is 21.0. The Morgan fingerprint density at radius 3 is 2.72 bits per heavy atom. The molecule has 2 aromatic rings. The van der Waals surface area contributed by atoms with E-state index in [0.29, 0.717) is 12.2 Å². The standard InChI is InChI=1S/C20H27N5O4/c1-15-4-2-3-5-17(15)18(26)13-21-19(27)20(28)23-16-12-22-25(14-16)7-6-24-8-10-29-11-9-24/h2-5,12,14,18,26H,6-11,13H2,1H3,(H,21,27)(H,23,28)/t18-/m1/s1. The molecular formula is C20H27N5O4. The van der Waals surface area contributed by atoms with Gasteiger partial charge < -0.3 is 20.5 Å². The SMILES string of the molecule is Cc1ccccc1[C@H](O)CNC(=O)C(=O)Nc1cnn(CCN2CCOCC2)c1. The van der Waals surface area contributed by atoms with Crippen molar-refractivity contribution in [1.29, 1.82) is 0 Å². The summed E-state index contributed by atoms with van der Waals surface area (Å²) in [6.45, 7) is 6.65. The maximum absolute atomic E-state index is 12.1. The third kappa shape index (κ3) is 6.11. The summed E-state index contributed by atoms with van der Waals surface area (Å²) < 4.78 is 7.05. The smallest absolute Gasteiger partial charge is 0.313 e. The van der Waals surface area contributed by atoms with Crippen molar-refractivity contribution in [1.82, 2.24) is 20.0 Å². The Balaban J connectivity index is 1.43. The first-order valence-electron chi connectivity index (χ1n) is 9.68. The second-order valence-corrected chi connectivity index (χ2v) is 6.98. The average Bonchev–Trinajstić information content (AvgIpc) is 3.18. The average molecular weight is 401 g/mol. The molecule has 3 N–H and O–H groups in total. The van der Waals surface area contributed by atoms with Crippen LogP contribution in [0.2, 0.25) is 0 Å². The molecule has 0 aliphatic carbocycles. The number of hydrogen-bond donors (Lipinski definition) is 3. The van der Waals surface area contributed by atoms with Gasteiger partial charge in [-0.05, 0) is 18.1 Å². The van der Waals surface area contributed by atoms with Crippen LogP contribution in [0.5, 0.6) is 0 Å². The summed E-state index contributed by atoms with van der Waals surface area (Å²) in [5.74, 6) is -1.60. The summed E-state index contributed by atoms with van der Waals surface area (Å²) in [7, 11) is 0. The number of carbonyl (C=O) groups excluding carboxylic acids is 2. The van der Waals surface area contributed by atoms with Crippen molar-refractivity contribution in [3.05, 3.63) is 47.8 Å². The third-order valence-electron chi connectivity index (χ3n) is 4.85. The van der Waals surface area contributed by atoms with Gasteiger partial charge in [0.15, 0.2) is 0 Å². The molecule has 0 saturated carbocycles. The van der Waals surface area contributed by atoms with Gasteiger partial charge in [-0.25, -0.2) is 0 Å². The van der Waals surface area contributed by atoms with Crippen LogP contribution >= 0.6 is 0 Å². The fourth-order valence-electron chi connectivity index (χ4n) is 3.15. The number of aliphatic hydroxyl groups excluding tert-OH is 1. The van der Waals surface area contributed by atoms with Crippen LogP contribution in [0.15, 0.2) is 36.7 Å². The molecular weight excluding hydrogens is 374 g/mol. The Morgan fingerprint density at radius 2 is 1.97 bits per heavy atom. The molecule has 1 aliphatic rings. The molecule has 0 spiro atoms. The van der Waals surface area contributed by atoms with Crippen LogP contribution < -0.4 is 10.6 Å². The molecule has 1 aromatic carbocycles. The Labute approximate surface area is 169 Å². The number of aromatic nitrogens is 2. The summed E-state index contributed by atoms with van der Waals surface area (Å²) in [4.78, 5) is 26.4. The van der Waals surface area contributed by atoms with E-state index in [-0.39, 0.29) is 6.54 Å². The molecule has 9 heteroatoms. The number of aryl methyl sites for hydroxylation is 1. The molecule has 1 atom stereocenters. The van der Waals surface area contributed by atoms with Gasteiger partial charge in [-0.3, -0.25) is 19.2 Å². The molecule has 1 fully saturated rings. The van der Waals surface area contributed by atoms with E-state index in [1.165, 1.54) is 6.20 Å². The molecule has 2 amide bonds. The molecule has 2 heterocycles. The second kappa shape index (κ2) is 10.1. The lowest BCUT2D eigenvalue weighted by molar-refractivity contribution is -0.136. The van der Waals surface area contributed by atoms with Crippen molar-refractivity contribution in [2.75, 3.05) is 44.7 Å². The number of morpholine rings is 1. The van der Waals surface area contributed by atoms with Gasteiger partial charge in [0.25, 0.3) is 0 Å². The minimum absolute atomic E-state index is 0.0457. The van der Waals surface area contributed by atoms with Crippen LogP contribution in [-0.2, 0) is 20.9 Å². The van der Waals surface area contributed by atoms with Gasteiger partial charge in [-0.2, -0.15) is 5.10 Å². The number of nitrogens with zero attached hydrogens (tertiary/aromatic N) is 3. The number of amides is 2. The normalized spacial score (nSPS) is 15.7. The molecule has 0 bridgehead atoms. The van der Waals surface area contributed by atoms with E-state index in [4.69, 9.17) is 4.74 Å². The van der Waals surface area contributed by atoms with Gasteiger partial charge in [0, 0.05) is 32.4 Å². The topological polar surface area (TPSA) is 109 Å². The van der Waals surface area contributed by atoms with E-state index in [0.717, 1.165) is 44.0 Å². The van der Waals surface area contributed by atoms with Crippen LogP contribution in [0.4, 0.5) is 5.69 Å². The first-order chi connectivity index (χ1) is 14.0. The van der Waals surface area contributed by atoms with Crippen molar-refractivity contribution < 1.29 is 19.4 Å². The van der Waals surface area contributed by atoms with E-state index >= 15 is 0 Å². The number of anilines is 1. The zero-order chi connectivity index (χ0) is 20.6. The molecule has 29 heavy (non-hydrogen) atoms. The van der Waals surface area contributed by atoms with E-state index in [1.807, 2.05) is 25.1 Å². The highest BCUT2D eigenvalue weighted by Crippen LogP contribution is 2.16. The summed E-state index contributed by atoms with van der Waals surface area (Å²) in [5.41, 5.74) is 2.09. The van der Waals surface area contributed by atoms with E-state index in [9.17, 15) is 14.7 Å². The van der Waals surface area contributed by atoms with Crippen LogP contribution in [-0.4, -0.2) is 71.0 Å². The lowest BCUT2D eigenvalue weighted by atomic mass is 10.0. The largest absolute Gasteiger partial charge is 0.387 e. The molecule has 0 radical (unpaired) electrons. The van der Waals surface area contributed by atoms with Gasteiger partial charge in [0.05, 0.1) is 37.7 Å². The van der Waals surface area contributed by atoms with Gasteiger partial charge in [-0.1, -0.05) is 24.3 Å². The number of rotatable bonds is 7. The highest BCUT2D eigenvalue weighted by atomic mass is 16.5. The van der Waals surface area contributed by atoms with Crippen LogP contribution in [0.1, 0.15) is 17.2 Å². The lowest BCUT2D eigenvalue weighted by Crippen LogP contribution is -2.38. The van der Waals surface area contributed by atoms with E-state index in [2.05, 4.69) is 20.6 Å². The number of nitrogens with one attached hydrogen (secondary N) is 2. The second-order valence-electron chi connectivity index (χ2n) is 6.98. The number of hydrogen-bond acceptors (Lipinski definition) is 6. The predicted octanol–water partition coefficient (Wildman–Crippen LogP) is 0.312. The number of ether oxygens (including phenoxy) is 1. The Morgan fingerprint density at radius 1 is 1.21 bits per heavy atom. The quantitative estimate of drug-likeness (QED) is 0.577. The molecule has 1 saturated heterocycles. The van der Waals surface area contributed by atoms with Crippen molar-refractivity contribution in [2.24, 2.45) is 0 Å². The number of benzene rings is 1. The molecule has 0 unspecified atom stereocenters. The van der Waals surface area contributed by atoms with E-state index < -0.39 is 17.9 Å². The number of carbonyl (C=O) groups is 2. The Hall–Kier alpha value is -2.75. The van der Waals surface area contributed by atoms with Crippen LogP contribution in [0.3, 0.4) is 0 Å². The molecule has 9 nitrogen and oxygen atoms in total. The monoisotopic (exact) mass is 401 g/mol. The van der Waals surface area contributed by atoms with Crippen LogP contribution in [0.25, 0.3) is 0 Å².